The summed E-state index contributed by atoms with van der Waals surface area (Å²) in [4.78, 5) is 5.39. The average molecular weight is 253 g/mol. The van der Waals surface area contributed by atoms with Gasteiger partial charge in [0.25, 0.3) is 0 Å². The topological polar surface area (TPSA) is 18.5 Å². The zero-order valence-corrected chi connectivity index (χ0v) is 12.5. The number of piperidine rings is 1. The second kappa shape index (κ2) is 6.36. The Hall–Kier alpha value is -0.120. The molecule has 2 saturated heterocycles. The van der Waals surface area contributed by atoms with E-state index in [4.69, 9.17) is 0 Å². The molecule has 106 valence electrons. The van der Waals surface area contributed by atoms with Crippen molar-refractivity contribution in [2.75, 3.05) is 39.3 Å². The van der Waals surface area contributed by atoms with Crippen LogP contribution in [0.1, 0.15) is 46.5 Å². The average Bonchev–Trinajstić information content (AvgIpc) is 2.47. The van der Waals surface area contributed by atoms with Gasteiger partial charge in [-0.15, -0.1) is 0 Å². The van der Waals surface area contributed by atoms with Crippen LogP contribution < -0.4 is 5.32 Å². The highest BCUT2D eigenvalue weighted by molar-refractivity contribution is 4.95. The summed E-state index contributed by atoms with van der Waals surface area (Å²) < 4.78 is 0. The van der Waals surface area contributed by atoms with Gasteiger partial charge in [-0.2, -0.15) is 0 Å². The highest BCUT2D eigenvalue weighted by Gasteiger charge is 2.35. The number of hydrogen-bond acceptors (Lipinski definition) is 3. The lowest BCUT2D eigenvalue weighted by Gasteiger charge is -2.48. The number of likely N-dealkylation sites (N-methyl/N-ethyl adjacent to an activating group) is 1. The van der Waals surface area contributed by atoms with Gasteiger partial charge in [0.05, 0.1) is 0 Å². The van der Waals surface area contributed by atoms with Gasteiger partial charge in [0.15, 0.2) is 0 Å². The molecule has 2 aliphatic heterocycles. The molecule has 0 spiro atoms. The predicted molar refractivity (Wildman–Crippen MR) is 78.0 cm³/mol. The predicted octanol–water partition coefficient (Wildman–Crippen LogP) is 1.93. The van der Waals surface area contributed by atoms with E-state index >= 15 is 0 Å². The lowest BCUT2D eigenvalue weighted by molar-refractivity contribution is 0.0453. The van der Waals surface area contributed by atoms with Crippen molar-refractivity contribution >= 4 is 0 Å². The minimum absolute atomic E-state index is 0.382. The lowest BCUT2D eigenvalue weighted by Crippen LogP contribution is -2.63. The maximum atomic E-state index is 3.77. The van der Waals surface area contributed by atoms with Gasteiger partial charge in [-0.3, -0.25) is 4.90 Å². The number of nitrogens with zero attached hydrogens (tertiary/aromatic N) is 2. The summed E-state index contributed by atoms with van der Waals surface area (Å²) in [5.41, 5.74) is 0.382. The molecule has 0 amide bonds. The fraction of sp³-hybridized carbons (Fsp3) is 1.00. The Labute approximate surface area is 113 Å². The maximum Gasteiger partial charge on any atom is 0.0304 e. The number of hydrogen-bond donors (Lipinski definition) is 1. The van der Waals surface area contributed by atoms with E-state index in [0.29, 0.717) is 5.54 Å². The molecule has 2 heterocycles. The van der Waals surface area contributed by atoms with Gasteiger partial charge >= 0.3 is 0 Å². The van der Waals surface area contributed by atoms with Crippen molar-refractivity contribution in [2.45, 2.75) is 58.0 Å². The van der Waals surface area contributed by atoms with Crippen molar-refractivity contribution in [3.63, 3.8) is 0 Å². The van der Waals surface area contributed by atoms with E-state index in [-0.39, 0.29) is 0 Å². The summed E-state index contributed by atoms with van der Waals surface area (Å²) in [6.45, 7) is 14.4. The van der Waals surface area contributed by atoms with Crippen molar-refractivity contribution in [1.29, 1.82) is 0 Å². The fourth-order valence-electron chi connectivity index (χ4n) is 3.64. The van der Waals surface area contributed by atoms with Gasteiger partial charge in [-0.1, -0.05) is 20.8 Å². The van der Waals surface area contributed by atoms with Gasteiger partial charge < -0.3 is 10.2 Å². The van der Waals surface area contributed by atoms with Crippen LogP contribution in [-0.4, -0.2) is 60.6 Å². The normalized spacial score (nSPS) is 30.5. The van der Waals surface area contributed by atoms with Gasteiger partial charge in [0.2, 0.25) is 0 Å². The monoisotopic (exact) mass is 253 g/mol. The van der Waals surface area contributed by atoms with Crippen LogP contribution in [0, 0.1) is 0 Å². The van der Waals surface area contributed by atoms with Crippen LogP contribution in [0.3, 0.4) is 0 Å². The highest BCUT2D eigenvalue weighted by atomic mass is 15.3. The quantitative estimate of drug-likeness (QED) is 0.826. The molecular formula is C15H31N3. The smallest absolute Gasteiger partial charge is 0.0304 e. The second-order valence-electron chi connectivity index (χ2n) is 6.07. The minimum atomic E-state index is 0.382. The molecule has 0 aromatic heterocycles. The Morgan fingerprint density at radius 1 is 1.17 bits per heavy atom. The van der Waals surface area contributed by atoms with Crippen LogP contribution in [0.15, 0.2) is 0 Å². The van der Waals surface area contributed by atoms with Crippen LogP contribution in [0.4, 0.5) is 0 Å². The number of piperazine rings is 1. The first-order valence-corrected chi connectivity index (χ1v) is 7.94. The van der Waals surface area contributed by atoms with Crippen LogP contribution in [-0.2, 0) is 0 Å². The van der Waals surface area contributed by atoms with Gasteiger partial charge in [-0.25, -0.2) is 0 Å². The Morgan fingerprint density at radius 3 is 2.61 bits per heavy atom. The van der Waals surface area contributed by atoms with Crippen molar-refractivity contribution in [3.8, 4) is 0 Å². The van der Waals surface area contributed by atoms with E-state index in [1.54, 1.807) is 0 Å². The zero-order chi connectivity index (χ0) is 13.0. The van der Waals surface area contributed by atoms with E-state index < -0.39 is 0 Å². The first-order valence-electron chi connectivity index (χ1n) is 7.94. The molecule has 0 aromatic carbocycles. The second-order valence-corrected chi connectivity index (χ2v) is 6.07. The van der Waals surface area contributed by atoms with E-state index in [9.17, 15) is 0 Å². The fourth-order valence-corrected chi connectivity index (χ4v) is 3.64. The van der Waals surface area contributed by atoms with Crippen molar-refractivity contribution < 1.29 is 0 Å². The van der Waals surface area contributed by atoms with Gasteiger partial charge in [-0.05, 0) is 38.8 Å². The molecule has 0 bridgehead atoms. The molecule has 2 rings (SSSR count). The van der Waals surface area contributed by atoms with Crippen LogP contribution in [0.25, 0.3) is 0 Å². The molecule has 2 fully saturated rings. The molecular weight excluding hydrogens is 222 g/mol. The minimum Gasteiger partial charge on any atom is -0.309 e. The lowest BCUT2D eigenvalue weighted by atomic mass is 9.88. The summed E-state index contributed by atoms with van der Waals surface area (Å²) >= 11 is 0. The van der Waals surface area contributed by atoms with E-state index in [1.807, 2.05) is 0 Å². The van der Waals surface area contributed by atoms with Crippen LogP contribution in [0.5, 0.6) is 0 Å². The van der Waals surface area contributed by atoms with E-state index in [2.05, 4.69) is 35.9 Å². The Bertz CT molecular complexity index is 250. The van der Waals surface area contributed by atoms with Crippen LogP contribution in [0.2, 0.25) is 0 Å². The molecule has 0 saturated carbocycles. The first-order chi connectivity index (χ1) is 8.73. The summed E-state index contributed by atoms with van der Waals surface area (Å²) in [5, 5.41) is 3.77. The molecule has 0 aliphatic carbocycles. The van der Waals surface area contributed by atoms with Gasteiger partial charge in [0, 0.05) is 37.8 Å². The summed E-state index contributed by atoms with van der Waals surface area (Å²) in [5.74, 6) is 0. The molecule has 3 heteroatoms. The number of rotatable bonds is 4. The molecule has 1 unspecified atom stereocenters. The molecule has 0 radical (unpaired) electrons. The molecule has 3 nitrogen and oxygen atoms in total. The zero-order valence-electron chi connectivity index (χ0n) is 12.5. The molecule has 18 heavy (non-hydrogen) atoms. The maximum absolute atomic E-state index is 3.77. The summed E-state index contributed by atoms with van der Waals surface area (Å²) in [7, 11) is 0. The summed E-state index contributed by atoms with van der Waals surface area (Å²) in [6.07, 6.45) is 5.29. The van der Waals surface area contributed by atoms with E-state index in [0.717, 1.165) is 6.04 Å². The third kappa shape index (κ3) is 3.06. The highest BCUT2D eigenvalue weighted by Crippen LogP contribution is 2.24. The third-order valence-corrected chi connectivity index (χ3v) is 5.20. The first kappa shape index (κ1) is 14.3. The Balaban J connectivity index is 1.95. The molecule has 0 aromatic rings. The SMILES string of the molecule is CCN1CCCC(N2CCNC(CC)(CC)C2)C1. The van der Waals surface area contributed by atoms with E-state index in [1.165, 1.54) is 65.0 Å². The number of nitrogens with one attached hydrogen (secondary N) is 1. The third-order valence-electron chi connectivity index (χ3n) is 5.20. The van der Waals surface area contributed by atoms with Crippen molar-refractivity contribution in [3.05, 3.63) is 0 Å². The molecule has 1 atom stereocenters. The molecule has 1 N–H and O–H groups in total. The summed E-state index contributed by atoms with van der Waals surface area (Å²) in [6, 6.07) is 0.804. The number of likely N-dealkylation sites (tertiary alicyclic amines) is 1. The standard InChI is InChI=1S/C15H31N3/c1-4-15(5-2)13-18(11-9-16-15)14-8-7-10-17(6-3)12-14/h14,16H,4-13H2,1-3H3. The largest absolute Gasteiger partial charge is 0.309 e. The molecule has 2 aliphatic rings. The van der Waals surface area contributed by atoms with Gasteiger partial charge in [0.1, 0.15) is 0 Å². The van der Waals surface area contributed by atoms with Crippen molar-refractivity contribution in [2.24, 2.45) is 0 Å². The Morgan fingerprint density at radius 2 is 1.94 bits per heavy atom. The van der Waals surface area contributed by atoms with Crippen molar-refractivity contribution in [1.82, 2.24) is 15.1 Å². The Kier molecular flexibility index (Phi) is 5.05. The van der Waals surface area contributed by atoms with Crippen LogP contribution >= 0.6 is 0 Å².